The molecular weight excluding hydrogens is 168 g/mol. The number of nitrogens with one attached hydrogen (secondary N) is 1. The summed E-state index contributed by atoms with van der Waals surface area (Å²) in [6.07, 6.45) is 2.07. The van der Waals surface area contributed by atoms with E-state index in [9.17, 15) is 4.79 Å². The minimum absolute atomic E-state index is 0.105. The topological polar surface area (TPSA) is 62.2 Å². The van der Waals surface area contributed by atoms with Crippen LogP contribution < -0.4 is 5.32 Å². The Balaban J connectivity index is 2.40. The second-order valence-corrected chi connectivity index (χ2v) is 3.04. The summed E-state index contributed by atoms with van der Waals surface area (Å²) in [6, 6.07) is 3.38. The molecule has 0 aromatic carbocycles. The second kappa shape index (κ2) is 3.05. The third kappa shape index (κ3) is 1.47. The molecule has 1 aliphatic heterocycles. The van der Waals surface area contributed by atoms with Gasteiger partial charge >= 0.3 is 5.97 Å². The molecule has 0 radical (unpaired) electrons. The van der Waals surface area contributed by atoms with E-state index in [4.69, 9.17) is 5.11 Å². The van der Waals surface area contributed by atoms with Crippen molar-refractivity contribution >= 4 is 11.8 Å². The molecule has 68 valence electrons. The van der Waals surface area contributed by atoms with Crippen LogP contribution in [0.25, 0.3) is 0 Å². The molecule has 0 fully saturated rings. The molecule has 0 saturated heterocycles. The zero-order chi connectivity index (χ0) is 9.26. The Morgan fingerprint density at radius 1 is 1.54 bits per heavy atom. The van der Waals surface area contributed by atoms with Gasteiger partial charge in [0.25, 0.3) is 0 Å². The van der Waals surface area contributed by atoms with E-state index in [-0.39, 0.29) is 5.69 Å². The van der Waals surface area contributed by atoms with E-state index in [1.54, 1.807) is 6.07 Å². The lowest BCUT2D eigenvalue weighted by Crippen LogP contribution is -2.15. The summed E-state index contributed by atoms with van der Waals surface area (Å²) < 4.78 is 0. The molecule has 4 nitrogen and oxygen atoms in total. The van der Waals surface area contributed by atoms with Gasteiger partial charge in [-0.05, 0) is 24.5 Å². The molecule has 0 aliphatic carbocycles. The Morgan fingerprint density at radius 3 is 3.15 bits per heavy atom. The van der Waals surface area contributed by atoms with Crippen LogP contribution in [0.5, 0.6) is 0 Å². The SMILES string of the molecule is O=C(O)c1ccc2c(n1)NCCC2. The van der Waals surface area contributed by atoms with Crippen LogP contribution in [0.3, 0.4) is 0 Å². The number of carboxylic acids is 1. The Hall–Kier alpha value is -1.58. The number of carboxylic acid groups (broad SMARTS) is 1. The molecule has 0 atom stereocenters. The minimum Gasteiger partial charge on any atom is -0.477 e. The largest absolute Gasteiger partial charge is 0.477 e. The van der Waals surface area contributed by atoms with Crippen molar-refractivity contribution in [3.63, 3.8) is 0 Å². The number of fused-ring (bicyclic) bond motifs is 1. The Bertz CT molecular complexity index is 349. The van der Waals surface area contributed by atoms with Crippen molar-refractivity contribution in [3.8, 4) is 0 Å². The first-order valence-electron chi connectivity index (χ1n) is 4.24. The summed E-state index contributed by atoms with van der Waals surface area (Å²) in [7, 11) is 0. The van der Waals surface area contributed by atoms with Gasteiger partial charge in [-0.25, -0.2) is 9.78 Å². The van der Waals surface area contributed by atoms with Crippen molar-refractivity contribution < 1.29 is 9.90 Å². The zero-order valence-electron chi connectivity index (χ0n) is 7.08. The van der Waals surface area contributed by atoms with Crippen LogP contribution in [-0.4, -0.2) is 22.6 Å². The van der Waals surface area contributed by atoms with Gasteiger partial charge in [-0.1, -0.05) is 6.07 Å². The normalized spacial score (nSPS) is 14.5. The van der Waals surface area contributed by atoms with E-state index in [0.29, 0.717) is 0 Å². The van der Waals surface area contributed by atoms with Crippen LogP contribution in [0.15, 0.2) is 12.1 Å². The summed E-state index contributed by atoms with van der Waals surface area (Å²) >= 11 is 0. The maximum Gasteiger partial charge on any atom is 0.354 e. The van der Waals surface area contributed by atoms with Gasteiger partial charge in [0.2, 0.25) is 0 Å². The predicted octanol–water partition coefficient (Wildman–Crippen LogP) is 1.14. The number of hydrogen-bond donors (Lipinski definition) is 2. The average Bonchev–Trinajstić information content (AvgIpc) is 2.17. The van der Waals surface area contributed by atoms with E-state index >= 15 is 0 Å². The highest BCUT2D eigenvalue weighted by molar-refractivity contribution is 5.86. The van der Waals surface area contributed by atoms with Gasteiger partial charge in [0.05, 0.1) is 0 Å². The van der Waals surface area contributed by atoms with Gasteiger partial charge in [-0.15, -0.1) is 0 Å². The maximum atomic E-state index is 10.6. The third-order valence-corrected chi connectivity index (χ3v) is 2.11. The maximum absolute atomic E-state index is 10.6. The fourth-order valence-electron chi connectivity index (χ4n) is 1.45. The van der Waals surface area contributed by atoms with Crippen LogP contribution >= 0.6 is 0 Å². The standard InChI is InChI=1S/C9H10N2O2/c12-9(13)7-4-3-6-2-1-5-10-8(6)11-7/h3-4H,1-2,5H2,(H,10,11)(H,12,13). The fourth-order valence-corrected chi connectivity index (χ4v) is 1.45. The number of anilines is 1. The molecule has 0 bridgehead atoms. The summed E-state index contributed by atoms with van der Waals surface area (Å²) in [5, 5.41) is 11.8. The van der Waals surface area contributed by atoms with Gasteiger partial charge in [0.1, 0.15) is 5.82 Å². The van der Waals surface area contributed by atoms with Crippen molar-refractivity contribution in [2.45, 2.75) is 12.8 Å². The minimum atomic E-state index is -0.977. The highest BCUT2D eigenvalue weighted by Crippen LogP contribution is 2.19. The van der Waals surface area contributed by atoms with Crippen LogP contribution in [-0.2, 0) is 6.42 Å². The molecule has 2 heterocycles. The molecule has 0 unspecified atom stereocenters. The molecule has 13 heavy (non-hydrogen) atoms. The van der Waals surface area contributed by atoms with Crippen LogP contribution in [0.2, 0.25) is 0 Å². The molecular formula is C9H10N2O2. The van der Waals surface area contributed by atoms with Crippen LogP contribution in [0, 0.1) is 0 Å². The van der Waals surface area contributed by atoms with E-state index in [1.165, 1.54) is 0 Å². The van der Waals surface area contributed by atoms with Crippen molar-refractivity contribution in [3.05, 3.63) is 23.4 Å². The lowest BCUT2D eigenvalue weighted by Gasteiger charge is -2.16. The first-order chi connectivity index (χ1) is 6.27. The van der Waals surface area contributed by atoms with E-state index < -0.39 is 5.97 Å². The Kier molecular flexibility index (Phi) is 1.88. The molecule has 0 saturated carbocycles. The van der Waals surface area contributed by atoms with Gasteiger partial charge in [-0.2, -0.15) is 0 Å². The monoisotopic (exact) mass is 178 g/mol. The number of hydrogen-bond acceptors (Lipinski definition) is 3. The molecule has 1 aromatic heterocycles. The van der Waals surface area contributed by atoms with E-state index in [0.717, 1.165) is 30.8 Å². The van der Waals surface area contributed by atoms with E-state index in [1.807, 2.05) is 6.07 Å². The summed E-state index contributed by atoms with van der Waals surface area (Å²) in [6.45, 7) is 0.878. The van der Waals surface area contributed by atoms with E-state index in [2.05, 4.69) is 10.3 Å². The zero-order valence-corrected chi connectivity index (χ0v) is 7.08. The molecule has 0 amide bonds. The number of pyridine rings is 1. The molecule has 0 spiro atoms. The van der Waals surface area contributed by atoms with Crippen LogP contribution in [0.4, 0.5) is 5.82 Å². The number of rotatable bonds is 1. The van der Waals surface area contributed by atoms with Crippen molar-refractivity contribution in [2.75, 3.05) is 11.9 Å². The number of aryl methyl sites for hydroxylation is 1. The average molecular weight is 178 g/mol. The first kappa shape index (κ1) is 8.04. The summed E-state index contributed by atoms with van der Waals surface area (Å²) in [5.41, 5.74) is 1.21. The highest BCUT2D eigenvalue weighted by atomic mass is 16.4. The first-order valence-corrected chi connectivity index (χ1v) is 4.24. The smallest absolute Gasteiger partial charge is 0.354 e. The highest BCUT2D eigenvalue weighted by Gasteiger charge is 2.12. The van der Waals surface area contributed by atoms with Gasteiger partial charge < -0.3 is 10.4 Å². The van der Waals surface area contributed by atoms with Crippen molar-refractivity contribution in [1.82, 2.24) is 4.98 Å². The molecule has 2 N–H and O–H groups in total. The van der Waals surface area contributed by atoms with Gasteiger partial charge in [0.15, 0.2) is 5.69 Å². The number of aromatic nitrogens is 1. The second-order valence-electron chi connectivity index (χ2n) is 3.04. The lowest BCUT2D eigenvalue weighted by atomic mass is 10.1. The predicted molar refractivity (Wildman–Crippen MR) is 48.0 cm³/mol. The Morgan fingerprint density at radius 2 is 2.38 bits per heavy atom. The quantitative estimate of drug-likeness (QED) is 0.676. The van der Waals surface area contributed by atoms with Crippen LogP contribution in [0.1, 0.15) is 22.5 Å². The third-order valence-electron chi connectivity index (χ3n) is 2.11. The van der Waals surface area contributed by atoms with Crippen molar-refractivity contribution in [2.24, 2.45) is 0 Å². The number of aromatic carboxylic acids is 1. The molecule has 2 rings (SSSR count). The Labute approximate surface area is 75.6 Å². The summed E-state index contributed by atoms with van der Waals surface area (Å²) in [4.78, 5) is 14.6. The van der Waals surface area contributed by atoms with Crippen molar-refractivity contribution in [1.29, 1.82) is 0 Å². The van der Waals surface area contributed by atoms with Gasteiger partial charge in [-0.3, -0.25) is 0 Å². The number of nitrogens with zero attached hydrogens (tertiary/aromatic N) is 1. The van der Waals surface area contributed by atoms with Gasteiger partial charge in [0, 0.05) is 6.54 Å². The molecule has 1 aromatic rings. The molecule has 1 aliphatic rings. The number of carbonyl (C=O) groups is 1. The lowest BCUT2D eigenvalue weighted by molar-refractivity contribution is 0.0690. The fraction of sp³-hybridized carbons (Fsp3) is 0.333. The molecule has 4 heteroatoms. The summed E-state index contributed by atoms with van der Waals surface area (Å²) in [5.74, 6) is -0.249.